The third-order valence-electron chi connectivity index (χ3n) is 38.3. The van der Waals surface area contributed by atoms with Crippen LogP contribution in [-0.2, 0) is 48.6 Å². The highest BCUT2D eigenvalue weighted by molar-refractivity contribution is 6.05. The Kier molecular flexibility index (Phi) is 18.5. The normalized spacial score (nSPS) is 47.6. The molecule has 1 aromatic rings. The Hall–Kier alpha value is -7.52. The van der Waals surface area contributed by atoms with E-state index in [1.165, 1.54) is 6.39 Å². The number of hydrazine groups is 1. The smallest absolute Gasteiger partial charge is 0.309 e. The van der Waals surface area contributed by atoms with Crippen LogP contribution >= 0.6 is 0 Å². The van der Waals surface area contributed by atoms with E-state index in [2.05, 4.69) is 126 Å². The second-order valence-electron chi connectivity index (χ2n) is 44.6. The zero-order chi connectivity index (χ0) is 83.0. The minimum absolute atomic E-state index is 0.0198. The number of rotatable bonds is 5. The van der Waals surface area contributed by atoms with E-state index in [1.807, 2.05) is 91.8 Å². The van der Waals surface area contributed by atoms with Crippen molar-refractivity contribution in [2.24, 2.45) is 145 Å². The second-order valence-corrected chi connectivity index (χ2v) is 44.6. The molecule has 1 heterocycles. The number of aliphatic carboxylic acids is 1. The first-order valence-electron chi connectivity index (χ1n) is 42.5. The van der Waals surface area contributed by atoms with Crippen LogP contribution in [0.15, 0.2) is 81.1 Å². The maximum absolute atomic E-state index is 14.4. The minimum atomic E-state index is -0.793. The Labute approximate surface area is 670 Å². The Morgan fingerprint density at radius 2 is 0.770 bits per heavy atom. The van der Waals surface area contributed by atoms with E-state index in [-0.39, 0.29) is 165 Å². The lowest BCUT2D eigenvalue weighted by atomic mass is 9.34. The van der Waals surface area contributed by atoms with Gasteiger partial charge in [0.1, 0.15) is 0 Å². The molecule has 3 N–H and O–H groups in total. The number of fused-ring (bicyclic) bond motifs is 21. The largest absolute Gasteiger partial charge is 0.481 e. The van der Waals surface area contributed by atoms with Crippen LogP contribution in [-0.4, -0.2) is 68.3 Å². The van der Waals surface area contributed by atoms with Crippen LogP contribution in [0.3, 0.4) is 0 Å². The van der Waals surface area contributed by atoms with Crippen molar-refractivity contribution in [3.05, 3.63) is 117 Å². The highest BCUT2D eigenvalue weighted by Gasteiger charge is 2.74. The molecule has 1 aromatic heterocycles. The minimum Gasteiger partial charge on any atom is -0.481 e. The molecule has 0 saturated heterocycles. The zero-order valence-corrected chi connectivity index (χ0v) is 71.4. The molecule has 24 atom stereocenters. The first-order chi connectivity index (χ1) is 52.2. The van der Waals surface area contributed by atoms with E-state index >= 15 is 0 Å². The number of aromatic nitrogens is 2. The van der Waals surface area contributed by atoms with Gasteiger partial charge in [-0.15, -0.1) is 10.2 Å². The Balaban J connectivity index is 0.000000141. The van der Waals surface area contributed by atoms with Crippen molar-refractivity contribution in [1.29, 1.82) is 0 Å². The van der Waals surface area contributed by atoms with Crippen molar-refractivity contribution in [2.75, 3.05) is 0 Å². The number of carbonyl (C=O) groups excluding carboxylic acids is 8. The Morgan fingerprint density at radius 3 is 1.09 bits per heavy atom. The Morgan fingerprint density at radius 1 is 0.451 bits per heavy atom. The summed E-state index contributed by atoms with van der Waals surface area (Å²) in [6, 6.07) is 0. The number of carboxylic acids is 1. The molecule has 16 rings (SSSR count). The van der Waals surface area contributed by atoms with Gasteiger partial charge in [-0.05, 0) is 244 Å². The third-order valence-corrected chi connectivity index (χ3v) is 38.3. The number of hydrogen-bond acceptors (Lipinski definition) is 12. The molecule has 18 heteroatoms. The fraction of sp³-hybridized carbons (Fsp3) is 0.726. The number of amides is 2. The van der Waals surface area contributed by atoms with E-state index in [0.29, 0.717) is 31.6 Å². The lowest BCUT2D eigenvalue weighted by Crippen LogP contribution is -2.65. The highest BCUT2D eigenvalue weighted by Crippen LogP contribution is 2.79. The SMILES string of the molecule is [C-]#[N+]C1=C[C@]2(C)C3=CC(=O)[C@@H]4[C@@H]5C[C@@](C)(C(=O)NNC=O)CC[C@]5(C)CC[C@@]4(C)[C@]3(C)CC[C@H]2C(C)(C)C1=O.[C-]#[N+]C1=C[C@]2(C)C3=CC(=O)[C@@H]4[C@@H]5C[C@@](C)(C(=O)O)CC[C@]5(C)CC[C@@]4(C)[C@]3(C)CC[C@H]2C(C)(C)C1=O.[C-]#[N+]C1=C[C@]2(C)C3=CC(=O)[C@@H]4[C@@H]5C[C@@](C)(c6nnco6)CC[C@]5(C)CC[C@@]4(C)[C@]3(C)CC[C@H]2C(C)(C)C1=O. The molecule has 0 spiro atoms. The number of hydrogen-bond donors (Lipinski definition) is 3. The summed E-state index contributed by atoms with van der Waals surface area (Å²) in [6.07, 6.45) is 31.9. The summed E-state index contributed by atoms with van der Waals surface area (Å²) in [5.74, 6) is -0.0182. The van der Waals surface area contributed by atoms with E-state index in [9.17, 15) is 48.3 Å². The number of nitrogens with zero attached hydrogens (tertiary/aromatic N) is 5. The van der Waals surface area contributed by atoms with Crippen molar-refractivity contribution in [3.8, 4) is 0 Å². The topological polar surface area (TPSA) is 250 Å². The molecule has 9 fully saturated rings. The number of nitrogens with one attached hydrogen (secondary N) is 2. The molecule has 0 bridgehead atoms. The quantitative estimate of drug-likeness (QED) is 0.141. The fourth-order valence-electron chi connectivity index (χ4n) is 30.3. The molecule has 15 aliphatic carbocycles. The van der Waals surface area contributed by atoms with Gasteiger partial charge in [0.2, 0.25) is 41.7 Å². The summed E-state index contributed by atoms with van der Waals surface area (Å²) < 4.78 is 5.73. The van der Waals surface area contributed by atoms with Crippen molar-refractivity contribution >= 4 is 53.0 Å². The third kappa shape index (κ3) is 10.8. The lowest BCUT2D eigenvalue weighted by molar-refractivity contribution is -0.178. The van der Waals surface area contributed by atoms with E-state index in [0.717, 1.165) is 132 Å². The van der Waals surface area contributed by atoms with Gasteiger partial charge >= 0.3 is 5.97 Å². The zero-order valence-electron chi connectivity index (χ0n) is 71.4. The molecular formula is C95H125N7O11. The summed E-state index contributed by atoms with van der Waals surface area (Å²) in [5, 5.41) is 18.3. The van der Waals surface area contributed by atoms with Crippen molar-refractivity contribution in [3.63, 3.8) is 0 Å². The van der Waals surface area contributed by atoms with Gasteiger partial charge < -0.3 is 23.9 Å². The number of allylic oxidation sites excluding steroid dienone is 12. The van der Waals surface area contributed by atoms with Crippen molar-refractivity contribution in [2.45, 2.75) is 286 Å². The lowest BCUT2D eigenvalue weighted by Gasteiger charge is -2.69. The van der Waals surface area contributed by atoms with Crippen LogP contribution in [0.2, 0.25) is 0 Å². The second kappa shape index (κ2) is 25.5. The molecule has 0 unspecified atom stereocenters. The van der Waals surface area contributed by atoms with Crippen LogP contribution in [0.5, 0.6) is 0 Å². The molecule has 15 aliphatic rings. The first kappa shape index (κ1) is 82.0. The first-order valence-corrected chi connectivity index (χ1v) is 42.5. The van der Waals surface area contributed by atoms with E-state index in [1.54, 1.807) is 0 Å². The number of carboxylic acid groups (broad SMARTS) is 1. The average molecular weight is 1540 g/mol. The molecule has 0 radical (unpaired) electrons. The molecule has 9 saturated carbocycles. The van der Waals surface area contributed by atoms with E-state index in [4.69, 9.17) is 24.1 Å². The summed E-state index contributed by atoms with van der Waals surface area (Å²) in [7, 11) is 0. The van der Waals surface area contributed by atoms with Crippen LogP contribution in [0.25, 0.3) is 14.5 Å². The van der Waals surface area contributed by atoms with Crippen LogP contribution in [0, 0.1) is 165 Å². The predicted molar refractivity (Wildman–Crippen MR) is 428 cm³/mol. The van der Waals surface area contributed by atoms with Gasteiger partial charge in [0, 0.05) is 61.1 Å². The van der Waals surface area contributed by atoms with Gasteiger partial charge in [-0.1, -0.05) is 173 Å². The van der Waals surface area contributed by atoms with Gasteiger partial charge in [0.05, 0.1) is 25.1 Å². The summed E-state index contributed by atoms with van der Waals surface area (Å²) in [6.45, 7) is 68.6. The summed E-state index contributed by atoms with van der Waals surface area (Å²) in [4.78, 5) is 130. The maximum atomic E-state index is 14.4. The van der Waals surface area contributed by atoms with E-state index < -0.39 is 49.3 Å². The van der Waals surface area contributed by atoms with Crippen LogP contribution in [0.1, 0.15) is 286 Å². The molecular weight excluding hydrogens is 1420 g/mol. The molecule has 0 aliphatic heterocycles. The van der Waals surface area contributed by atoms with Gasteiger partial charge in [-0.2, -0.15) is 0 Å². The van der Waals surface area contributed by atoms with Gasteiger partial charge in [0.25, 0.3) is 0 Å². The van der Waals surface area contributed by atoms with Crippen molar-refractivity contribution < 1.29 is 52.7 Å². The standard InChI is InChI=1S/C32H43N3O4.C32H41N3O3.C31H41NO4/c1-27(2)22-9-10-31(6)23(30(22,5)17-20(33-8)25(27)38)15-21(37)24-19-16-29(4,26(39)35-34-18-36)12-11-28(19,3)13-14-32(24,31)7;1-27(2)22-9-10-31(6)23(30(22,5)17-20(33-8)25(27)37)15-21(36)24-19-16-29(4,26-35-34-18-38-26)12-11-28(19,3)13-14-32(24,31)7;1-26(2)21-9-10-30(6)22(29(21,5)17-19(32-8)24(26)34)15-20(33)23-18-16-28(4,25(35)36)12-11-27(18,3)13-14-31(23,30)7/h15,17-19,22,24H,9-14,16H2,1-7H3,(H,34,36)(H,35,39);15,17-19,22,24H,9-14,16H2,1-7H3;15,17-18,21,23H,9-14,16H2,1-7H3,(H,35,36)/t2*19-,22-,24-,28+,29-,30-,31+,32+;18-,21-,23-,27+,28-,29-,30+,31+/m000/s1. The number of carbonyl (C=O) groups is 9. The van der Waals surface area contributed by atoms with Crippen LogP contribution < -0.4 is 10.9 Å². The molecule has 113 heavy (non-hydrogen) atoms. The highest BCUT2D eigenvalue weighted by atomic mass is 16.4. The molecule has 18 nitrogen and oxygen atoms in total. The van der Waals surface area contributed by atoms with Gasteiger partial charge in [0.15, 0.2) is 34.7 Å². The predicted octanol–water partition coefficient (Wildman–Crippen LogP) is 18.9. The summed E-state index contributed by atoms with van der Waals surface area (Å²) in [5.41, 5.74) is 2.15. The monoisotopic (exact) mass is 1540 g/mol. The van der Waals surface area contributed by atoms with Crippen molar-refractivity contribution in [1.82, 2.24) is 21.0 Å². The average Bonchev–Trinajstić information content (AvgIpc) is 0.768. The molecule has 606 valence electrons. The fourth-order valence-corrected chi connectivity index (χ4v) is 30.3. The van der Waals surface area contributed by atoms with Gasteiger partial charge in [-0.3, -0.25) is 39.6 Å². The van der Waals surface area contributed by atoms with Gasteiger partial charge in [-0.25, -0.2) is 14.5 Å². The molecule has 0 aromatic carbocycles. The van der Waals surface area contributed by atoms with Crippen LogP contribution in [0.4, 0.5) is 0 Å². The summed E-state index contributed by atoms with van der Waals surface area (Å²) >= 11 is 0. The molecule has 2 amide bonds. The number of Topliss-reactive ketones (excluding diaryl/α,β-unsaturated/α-hetero) is 3. The number of ketones is 6. The Bertz CT molecular complexity index is 4720. The maximum Gasteiger partial charge on any atom is 0.309 e.